The Morgan fingerprint density at radius 1 is 1.29 bits per heavy atom. The van der Waals surface area contributed by atoms with Crippen molar-refractivity contribution in [2.75, 3.05) is 0 Å². The molecule has 2 nitrogen and oxygen atoms in total. The molecule has 0 saturated heterocycles. The third kappa shape index (κ3) is 2.83. The fourth-order valence-electron chi connectivity index (χ4n) is 2.60. The minimum Gasteiger partial charge on any atom is -0.344 e. The normalized spacial score (nSPS) is 20.1. The molecule has 1 N–H and O–H groups in total. The molecule has 0 radical (unpaired) electrons. The van der Waals surface area contributed by atoms with Crippen molar-refractivity contribution in [2.45, 2.75) is 17.3 Å². The Kier molecular flexibility index (Phi) is 4.00. The molecule has 2 aromatic rings. The third-order valence-electron chi connectivity index (χ3n) is 3.63. The molecule has 0 aliphatic heterocycles. The lowest BCUT2D eigenvalue weighted by Gasteiger charge is -2.18. The number of fused-ring (bicyclic) bond motifs is 1. The summed E-state index contributed by atoms with van der Waals surface area (Å²) in [4.78, 5) is 12.4. The van der Waals surface area contributed by atoms with Gasteiger partial charge in [0, 0.05) is 9.85 Å². The van der Waals surface area contributed by atoms with Gasteiger partial charge in [-0.25, -0.2) is 4.39 Å². The molecular formula is C16H12BrClFNO. The highest BCUT2D eigenvalue weighted by atomic mass is 79.9. The number of hydrogen-bond donors (Lipinski definition) is 1. The van der Waals surface area contributed by atoms with Crippen LogP contribution in [0.4, 0.5) is 4.39 Å². The molecule has 0 aromatic heterocycles. The molecule has 0 heterocycles. The van der Waals surface area contributed by atoms with E-state index in [-0.39, 0.29) is 16.4 Å². The van der Waals surface area contributed by atoms with Crippen LogP contribution in [0.1, 0.15) is 27.5 Å². The van der Waals surface area contributed by atoms with Gasteiger partial charge in [-0.05, 0) is 35.7 Å². The van der Waals surface area contributed by atoms with Gasteiger partial charge in [0.25, 0.3) is 5.91 Å². The molecule has 0 fully saturated rings. The van der Waals surface area contributed by atoms with Crippen molar-refractivity contribution < 1.29 is 9.18 Å². The maximum Gasteiger partial charge on any atom is 0.254 e. The molecule has 1 amide bonds. The van der Waals surface area contributed by atoms with Crippen molar-refractivity contribution >= 4 is 33.4 Å². The average Bonchev–Trinajstić information content (AvgIpc) is 2.78. The molecule has 0 bridgehead atoms. The van der Waals surface area contributed by atoms with Crippen molar-refractivity contribution in [2.24, 2.45) is 0 Å². The number of alkyl halides is 1. The van der Waals surface area contributed by atoms with Crippen LogP contribution in [0.25, 0.3) is 0 Å². The first-order valence-corrected chi connectivity index (χ1v) is 7.83. The summed E-state index contributed by atoms with van der Waals surface area (Å²) in [7, 11) is 0. The molecule has 3 rings (SSSR count). The number of rotatable bonds is 2. The van der Waals surface area contributed by atoms with Gasteiger partial charge in [-0.2, -0.15) is 0 Å². The van der Waals surface area contributed by atoms with Crippen molar-refractivity contribution in [1.82, 2.24) is 5.32 Å². The largest absolute Gasteiger partial charge is 0.344 e. The molecule has 108 valence electrons. The quantitative estimate of drug-likeness (QED) is 0.788. The SMILES string of the molecule is O=C(NC1c2ccccc2CC1Br)c1cc(Cl)ccc1F. The maximum atomic E-state index is 13.8. The summed E-state index contributed by atoms with van der Waals surface area (Å²) in [5, 5.41) is 3.22. The monoisotopic (exact) mass is 367 g/mol. The van der Waals surface area contributed by atoms with E-state index in [1.165, 1.54) is 23.8 Å². The van der Waals surface area contributed by atoms with Crippen LogP contribution >= 0.6 is 27.5 Å². The summed E-state index contributed by atoms with van der Waals surface area (Å²) in [6, 6.07) is 11.7. The average molecular weight is 369 g/mol. The molecule has 0 spiro atoms. The molecule has 21 heavy (non-hydrogen) atoms. The summed E-state index contributed by atoms with van der Waals surface area (Å²) >= 11 is 9.42. The highest BCUT2D eigenvalue weighted by Crippen LogP contribution is 2.36. The number of benzene rings is 2. The van der Waals surface area contributed by atoms with Gasteiger partial charge in [0.05, 0.1) is 11.6 Å². The molecular weight excluding hydrogens is 357 g/mol. The van der Waals surface area contributed by atoms with Crippen LogP contribution in [0.5, 0.6) is 0 Å². The van der Waals surface area contributed by atoms with Gasteiger partial charge in [0.15, 0.2) is 0 Å². The maximum absolute atomic E-state index is 13.8. The highest BCUT2D eigenvalue weighted by Gasteiger charge is 2.32. The van der Waals surface area contributed by atoms with Gasteiger partial charge >= 0.3 is 0 Å². The van der Waals surface area contributed by atoms with Gasteiger partial charge in [0.2, 0.25) is 0 Å². The minimum atomic E-state index is -0.575. The summed E-state index contributed by atoms with van der Waals surface area (Å²) in [6.45, 7) is 0. The van der Waals surface area contributed by atoms with E-state index in [4.69, 9.17) is 11.6 Å². The van der Waals surface area contributed by atoms with E-state index < -0.39 is 11.7 Å². The topological polar surface area (TPSA) is 29.1 Å². The minimum absolute atomic E-state index is 0.0356. The number of carbonyl (C=O) groups is 1. The lowest BCUT2D eigenvalue weighted by Crippen LogP contribution is -2.32. The molecule has 1 aliphatic carbocycles. The first-order valence-electron chi connectivity index (χ1n) is 6.54. The number of halogens is 3. The van der Waals surface area contributed by atoms with E-state index in [1.54, 1.807) is 0 Å². The van der Waals surface area contributed by atoms with Crippen LogP contribution in [0.15, 0.2) is 42.5 Å². The summed E-state index contributed by atoms with van der Waals surface area (Å²) in [5.74, 6) is -1.03. The number of amides is 1. The first kappa shape index (κ1) is 14.5. The fourth-order valence-corrected chi connectivity index (χ4v) is 3.54. The third-order valence-corrected chi connectivity index (χ3v) is 4.71. The summed E-state index contributed by atoms with van der Waals surface area (Å²) in [6.07, 6.45) is 0.832. The van der Waals surface area contributed by atoms with E-state index in [0.717, 1.165) is 12.0 Å². The molecule has 2 atom stereocenters. The predicted octanol–water partition coefficient (Wildman–Crippen LogP) is 4.27. The van der Waals surface area contributed by atoms with E-state index >= 15 is 0 Å². The van der Waals surface area contributed by atoms with Gasteiger partial charge in [0.1, 0.15) is 5.82 Å². The fraction of sp³-hybridized carbons (Fsp3) is 0.188. The van der Waals surface area contributed by atoms with Crippen molar-refractivity contribution in [3.8, 4) is 0 Å². The van der Waals surface area contributed by atoms with Crippen LogP contribution in [0, 0.1) is 5.82 Å². The van der Waals surface area contributed by atoms with Crippen molar-refractivity contribution in [3.05, 3.63) is 70.0 Å². The molecule has 0 saturated carbocycles. The lowest BCUT2D eigenvalue weighted by atomic mass is 10.1. The van der Waals surface area contributed by atoms with Crippen LogP contribution in [-0.2, 0) is 6.42 Å². The second kappa shape index (κ2) is 5.78. The second-order valence-corrected chi connectivity index (χ2v) is 6.61. The smallest absolute Gasteiger partial charge is 0.254 e. The molecule has 2 aromatic carbocycles. The summed E-state index contributed by atoms with van der Waals surface area (Å²) < 4.78 is 13.8. The lowest BCUT2D eigenvalue weighted by molar-refractivity contribution is 0.0934. The van der Waals surface area contributed by atoms with E-state index in [1.807, 2.05) is 24.3 Å². The Morgan fingerprint density at radius 3 is 2.86 bits per heavy atom. The summed E-state index contributed by atoms with van der Waals surface area (Å²) in [5.41, 5.74) is 2.22. The zero-order valence-corrected chi connectivity index (χ0v) is 13.3. The van der Waals surface area contributed by atoms with Crippen LogP contribution in [0.2, 0.25) is 5.02 Å². The zero-order valence-electron chi connectivity index (χ0n) is 10.9. The van der Waals surface area contributed by atoms with E-state index in [0.29, 0.717) is 5.02 Å². The van der Waals surface area contributed by atoms with Crippen LogP contribution in [0.3, 0.4) is 0 Å². The Hall–Kier alpha value is -1.39. The standard InChI is InChI=1S/C16H12BrClFNO/c17-13-7-9-3-1-2-4-11(9)15(13)20-16(21)12-8-10(18)5-6-14(12)19/h1-6,8,13,15H,7H2,(H,20,21). The molecule has 1 aliphatic rings. The van der Waals surface area contributed by atoms with Crippen LogP contribution < -0.4 is 5.32 Å². The Labute approximate surface area is 135 Å². The van der Waals surface area contributed by atoms with Crippen molar-refractivity contribution in [3.63, 3.8) is 0 Å². The molecule has 2 unspecified atom stereocenters. The van der Waals surface area contributed by atoms with Crippen molar-refractivity contribution in [1.29, 1.82) is 0 Å². The Morgan fingerprint density at radius 2 is 2.05 bits per heavy atom. The van der Waals surface area contributed by atoms with Gasteiger partial charge < -0.3 is 5.32 Å². The number of carbonyl (C=O) groups excluding carboxylic acids is 1. The van der Waals surface area contributed by atoms with Gasteiger partial charge in [-0.3, -0.25) is 4.79 Å². The van der Waals surface area contributed by atoms with E-state index in [2.05, 4.69) is 21.2 Å². The molecule has 5 heteroatoms. The van der Waals surface area contributed by atoms with Crippen LogP contribution in [-0.4, -0.2) is 10.7 Å². The Bertz CT molecular complexity index is 706. The van der Waals surface area contributed by atoms with Gasteiger partial charge in [-0.15, -0.1) is 0 Å². The number of nitrogens with one attached hydrogen (secondary N) is 1. The highest BCUT2D eigenvalue weighted by molar-refractivity contribution is 9.09. The zero-order chi connectivity index (χ0) is 15.0. The van der Waals surface area contributed by atoms with E-state index in [9.17, 15) is 9.18 Å². The number of hydrogen-bond acceptors (Lipinski definition) is 1. The van der Waals surface area contributed by atoms with Gasteiger partial charge in [-0.1, -0.05) is 51.8 Å². The first-order chi connectivity index (χ1) is 10.1. The second-order valence-electron chi connectivity index (χ2n) is 4.99. The Balaban J connectivity index is 1.87. The predicted molar refractivity (Wildman–Crippen MR) is 84.5 cm³/mol.